The number of nitrogens with one attached hydrogen (secondary N) is 1. The van der Waals surface area contributed by atoms with Gasteiger partial charge < -0.3 is 10.1 Å². The smallest absolute Gasteiger partial charge is 0.207 e. The molecule has 0 aromatic heterocycles. The average molecular weight is 271 g/mol. The first-order chi connectivity index (χ1) is 8.62. The second-order valence-corrected chi connectivity index (χ2v) is 6.58. The molecule has 112 valence electrons. The standard InChI is InChI=1S/C15H29NO3/c1-12(2)13(18)14(3,4)8-10-19-15(5,6)7-9-16-11-17/h11-12H,7-10H2,1-6H3,(H,16,17). The summed E-state index contributed by atoms with van der Waals surface area (Å²) in [6, 6.07) is 0. The van der Waals surface area contributed by atoms with E-state index < -0.39 is 0 Å². The molecule has 4 nitrogen and oxygen atoms in total. The van der Waals surface area contributed by atoms with Crippen molar-refractivity contribution in [3.63, 3.8) is 0 Å². The van der Waals surface area contributed by atoms with E-state index in [9.17, 15) is 9.59 Å². The van der Waals surface area contributed by atoms with Crippen LogP contribution in [0.25, 0.3) is 0 Å². The van der Waals surface area contributed by atoms with Crippen molar-refractivity contribution in [2.75, 3.05) is 13.2 Å². The maximum Gasteiger partial charge on any atom is 0.207 e. The van der Waals surface area contributed by atoms with Gasteiger partial charge in [0, 0.05) is 24.5 Å². The van der Waals surface area contributed by atoms with Gasteiger partial charge in [0.15, 0.2) is 0 Å². The number of carbonyl (C=O) groups excluding carboxylic acids is 2. The van der Waals surface area contributed by atoms with Crippen molar-refractivity contribution < 1.29 is 14.3 Å². The summed E-state index contributed by atoms with van der Waals surface area (Å²) in [7, 11) is 0. The summed E-state index contributed by atoms with van der Waals surface area (Å²) < 4.78 is 5.83. The summed E-state index contributed by atoms with van der Waals surface area (Å²) in [5.41, 5.74) is -0.627. The lowest BCUT2D eigenvalue weighted by molar-refractivity contribution is -0.132. The van der Waals surface area contributed by atoms with Crippen LogP contribution in [0.5, 0.6) is 0 Å². The number of carbonyl (C=O) groups is 2. The summed E-state index contributed by atoms with van der Waals surface area (Å²) in [6.45, 7) is 13.0. The summed E-state index contributed by atoms with van der Waals surface area (Å²) in [4.78, 5) is 22.2. The molecular formula is C15H29NO3. The zero-order valence-corrected chi connectivity index (χ0v) is 13.2. The van der Waals surface area contributed by atoms with Crippen LogP contribution >= 0.6 is 0 Å². The number of amides is 1. The first-order valence-electron chi connectivity index (χ1n) is 6.98. The summed E-state index contributed by atoms with van der Waals surface area (Å²) in [5.74, 6) is 0.330. The molecule has 0 saturated carbocycles. The molecule has 4 heteroatoms. The van der Waals surface area contributed by atoms with Crippen molar-refractivity contribution in [1.29, 1.82) is 0 Å². The van der Waals surface area contributed by atoms with Gasteiger partial charge in [0.25, 0.3) is 0 Å². The maximum atomic E-state index is 12.0. The molecule has 0 aromatic rings. The highest BCUT2D eigenvalue weighted by Gasteiger charge is 2.30. The Kier molecular flexibility index (Phi) is 7.27. The largest absolute Gasteiger partial charge is 0.375 e. The second kappa shape index (κ2) is 7.63. The molecule has 0 aliphatic heterocycles. The molecule has 1 N–H and O–H groups in total. The molecule has 0 spiro atoms. The number of hydrogen-bond donors (Lipinski definition) is 1. The van der Waals surface area contributed by atoms with Crippen LogP contribution in [-0.2, 0) is 14.3 Å². The van der Waals surface area contributed by atoms with E-state index in [1.165, 1.54) is 0 Å². The lowest BCUT2D eigenvalue weighted by atomic mass is 9.80. The highest BCUT2D eigenvalue weighted by molar-refractivity contribution is 5.85. The maximum absolute atomic E-state index is 12.0. The van der Waals surface area contributed by atoms with Gasteiger partial charge in [0.2, 0.25) is 6.41 Å². The van der Waals surface area contributed by atoms with Crippen LogP contribution in [0.4, 0.5) is 0 Å². The van der Waals surface area contributed by atoms with E-state index >= 15 is 0 Å². The Bertz CT molecular complexity index is 296. The highest BCUT2D eigenvalue weighted by Crippen LogP contribution is 2.26. The molecule has 1 amide bonds. The van der Waals surface area contributed by atoms with Gasteiger partial charge in [-0.25, -0.2) is 0 Å². The molecule has 19 heavy (non-hydrogen) atoms. The fraction of sp³-hybridized carbons (Fsp3) is 0.867. The average Bonchev–Trinajstić information content (AvgIpc) is 2.27. The van der Waals surface area contributed by atoms with Gasteiger partial charge in [-0.1, -0.05) is 27.7 Å². The van der Waals surface area contributed by atoms with Crippen LogP contribution in [0.1, 0.15) is 54.4 Å². The minimum absolute atomic E-state index is 0.0554. The van der Waals surface area contributed by atoms with Crippen LogP contribution in [0.3, 0.4) is 0 Å². The Morgan fingerprint density at radius 2 is 1.79 bits per heavy atom. The molecule has 0 fully saturated rings. The van der Waals surface area contributed by atoms with Crippen LogP contribution in [0.2, 0.25) is 0 Å². The molecule has 0 saturated heterocycles. The zero-order chi connectivity index (χ0) is 15.1. The first kappa shape index (κ1) is 18.1. The van der Waals surface area contributed by atoms with Crippen molar-refractivity contribution >= 4 is 12.2 Å². The van der Waals surface area contributed by atoms with E-state index in [2.05, 4.69) is 5.32 Å². The van der Waals surface area contributed by atoms with Gasteiger partial charge >= 0.3 is 0 Å². The quantitative estimate of drug-likeness (QED) is 0.491. The molecule has 0 radical (unpaired) electrons. The zero-order valence-electron chi connectivity index (χ0n) is 13.2. The molecule has 0 aliphatic carbocycles. The first-order valence-corrected chi connectivity index (χ1v) is 6.98. The van der Waals surface area contributed by atoms with E-state index in [4.69, 9.17) is 4.74 Å². The summed E-state index contributed by atoms with van der Waals surface area (Å²) in [6.07, 6.45) is 2.17. The third kappa shape index (κ3) is 7.31. The van der Waals surface area contributed by atoms with Crippen LogP contribution in [0, 0.1) is 11.3 Å². The molecule has 0 heterocycles. The van der Waals surface area contributed by atoms with Gasteiger partial charge in [0.1, 0.15) is 5.78 Å². The van der Waals surface area contributed by atoms with E-state index in [1.54, 1.807) is 0 Å². The molecular weight excluding hydrogens is 242 g/mol. The summed E-state index contributed by atoms with van der Waals surface area (Å²) >= 11 is 0. The summed E-state index contributed by atoms with van der Waals surface area (Å²) in [5, 5.41) is 2.63. The third-order valence-corrected chi connectivity index (χ3v) is 3.37. The van der Waals surface area contributed by atoms with Gasteiger partial charge in [-0.05, 0) is 26.7 Å². The van der Waals surface area contributed by atoms with Gasteiger partial charge in [0.05, 0.1) is 5.60 Å². The predicted octanol–water partition coefficient (Wildman–Crippen LogP) is 2.56. The van der Waals surface area contributed by atoms with Crippen LogP contribution in [-0.4, -0.2) is 30.9 Å². The Labute approximate surface area is 117 Å². The van der Waals surface area contributed by atoms with E-state index in [-0.39, 0.29) is 22.7 Å². The fourth-order valence-electron chi connectivity index (χ4n) is 1.99. The lowest BCUT2D eigenvalue weighted by Gasteiger charge is -2.29. The Balaban J connectivity index is 4.13. The molecule has 0 bridgehead atoms. The molecule has 0 atom stereocenters. The van der Waals surface area contributed by atoms with Crippen molar-refractivity contribution in [3.8, 4) is 0 Å². The minimum Gasteiger partial charge on any atom is -0.375 e. The SMILES string of the molecule is CC(C)C(=O)C(C)(C)CCOC(C)(C)CCNC=O. The molecule has 0 aromatic carbocycles. The van der Waals surface area contributed by atoms with Crippen molar-refractivity contribution in [3.05, 3.63) is 0 Å². The molecule has 0 aliphatic rings. The third-order valence-electron chi connectivity index (χ3n) is 3.37. The number of hydrogen-bond acceptors (Lipinski definition) is 3. The Morgan fingerprint density at radius 3 is 2.26 bits per heavy atom. The van der Waals surface area contributed by atoms with E-state index in [0.29, 0.717) is 26.0 Å². The second-order valence-electron chi connectivity index (χ2n) is 6.58. The van der Waals surface area contributed by atoms with Crippen molar-refractivity contribution in [2.24, 2.45) is 11.3 Å². The normalized spacial score (nSPS) is 12.6. The predicted molar refractivity (Wildman–Crippen MR) is 77.0 cm³/mol. The van der Waals surface area contributed by atoms with Gasteiger partial charge in [-0.2, -0.15) is 0 Å². The lowest BCUT2D eigenvalue weighted by Crippen LogP contribution is -2.33. The van der Waals surface area contributed by atoms with Crippen molar-refractivity contribution in [1.82, 2.24) is 5.32 Å². The highest BCUT2D eigenvalue weighted by atomic mass is 16.5. The fourth-order valence-corrected chi connectivity index (χ4v) is 1.99. The number of ketones is 1. The monoisotopic (exact) mass is 271 g/mol. The molecule has 0 unspecified atom stereocenters. The Morgan fingerprint density at radius 1 is 1.21 bits per heavy atom. The Hall–Kier alpha value is -0.900. The van der Waals surface area contributed by atoms with Crippen LogP contribution in [0.15, 0.2) is 0 Å². The number of ether oxygens (including phenoxy) is 1. The molecule has 0 rings (SSSR count). The minimum atomic E-state index is -0.342. The van der Waals surface area contributed by atoms with Gasteiger partial charge in [-0.15, -0.1) is 0 Å². The van der Waals surface area contributed by atoms with E-state index in [0.717, 1.165) is 6.42 Å². The van der Waals surface area contributed by atoms with E-state index in [1.807, 2.05) is 41.5 Å². The number of rotatable bonds is 10. The topological polar surface area (TPSA) is 55.4 Å². The van der Waals surface area contributed by atoms with Crippen molar-refractivity contribution in [2.45, 2.75) is 60.0 Å². The van der Waals surface area contributed by atoms with Gasteiger partial charge in [-0.3, -0.25) is 9.59 Å². The van der Waals surface area contributed by atoms with Crippen LogP contribution < -0.4 is 5.32 Å². The number of Topliss-reactive ketones (excluding diaryl/α,β-unsaturated/α-hetero) is 1.